The SMILES string of the molecule is CC1(C)C2(C(=O)NC3CC4CCC(C3)N4Cc3ccoc3)CC[C@@]1(C)C(=O)O2. The Balaban J connectivity index is 1.28. The molecule has 4 aliphatic rings. The number of nitrogens with zero attached hydrogens (tertiary/aromatic N) is 1. The number of esters is 1. The second-order valence-electron chi connectivity index (χ2n) is 10.0. The summed E-state index contributed by atoms with van der Waals surface area (Å²) in [4.78, 5) is 28.4. The van der Waals surface area contributed by atoms with E-state index in [4.69, 9.17) is 9.15 Å². The molecule has 6 heteroatoms. The van der Waals surface area contributed by atoms with E-state index in [9.17, 15) is 9.59 Å². The predicted molar refractivity (Wildman–Crippen MR) is 102 cm³/mol. The van der Waals surface area contributed by atoms with Crippen molar-refractivity contribution in [3.05, 3.63) is 24.2 Å². The number of rotatable bonds is 4. The van der Waals surface area contributed by atoms with E-state index < -0.39 is 16.4 Å². The molecule has 1 aromatic heterocycles. The van der Waals surface area contributed by atoms with Crippen molar-refractivity contribution in [1.29, 1.82) is 0 Å². The Morgan fingerprint density at radius 2 is 1.93 bits per heavy atom. The molecule has 1 aromatic rings. The number of amides is 1. The van der Waals surface area contributed by atoms with Crippen LogP contribution in [0.4, 0.5) is 0 Å². The van der Waals surface area contributed by atoms with Gasteiger partial charge >= 0.3 is 5.97 Å². The number of carbonyl (C=O) groups is 2. The number of ether oxygens (including phenoxy) is 1. The largest absolute Gasteiger partial charge is 0.472 e. The molecule has 6 nitrogen and oxygen atoms in total. The van der Waals surface area contributed by atoms with Gasteiger partial charge in [0.15, 0.2) is 5.60 Å². The molecule has 4 bridgehead atoms. The molecule has 1 N–H and O–H groups in total. The summed E-state index contributed by atoms with van der Waals surface area (Å²) in [6.07, 6.45) is 9.17. The van der Waals surface area contributed by atoms with Crippen molar-refractivity contribution in [2.75, 3.05) is 0 Å². The summed E-state index contributed by atoms with van der Waals surface area (Å²) in [5, 5.41) is 3.29. The van der Waals surface area contributed by atoms with E-state index >= 15 is 0 Å². The number of hydrogen-bond acceptors (Lipinski definition) is 5. The van der Waals surface area contributed by atoms with Crippen LogP contribution in [0, 0.1) is 10.8 Å². The van der Waals surface area contributed by atoms with Gasteiger partial charge in [-0.3, -0.25) is 14.5 Å². The lowest BCUT2D eigenvalue weighted by atomic mass is 9.66. The van der Waals surface area contributed by atoms with Gasteiger partial charge in [-0.05, 0) is 51.5 Å². The van der Waals surface area contributed by atoms with Gasteiger partial charge in [0, 0.05) is 35.6 Å². The van der Waals surface area contributed by atoms with E-state index in [2.05, 4.69) is 10.2 Å². The van der Waals surface area contributed by atoms with E-state index in [0.717, 1.165) is 25.8 Å². The number of piperidine rings is 1. The van der Waals surface area contributed by atoms with Gasteiger partial charge in [0.2, 0.25) is 0 Å². The third kappa shape index (κ3) is 2.24. The third-order valence-corrected chi connectivity index (χ3v) is 8.62. The fourth-order valence-corrected chi connectivity index (χ4v) is 6.29. The summed E-state index contributed by atoms with van der Waals surface area (Å²) in [6, 6.07) is 3.16. The summed E-state index contributed by atoms with van der Waals surface area (Å²) in [7, 11) is 0. The first kappa shape index (κ1) is 18.2. The summed E-state index contributed by atoms with van der Waals surface area (Å²) in [5.74, 6) is -0.298. The van der Waals surface area contributed by atoms with Crippen molar-refractivity contribution >= 4 is 11.9 Å². The zero-order chi connectivity index (χ0) is 19.7. The molecule has 1 amide bonds. The molecule has 0 spiro atoms. The van der Waals surface area contributed by atoms with Gasteiger partial charge < -0.3 is 14.5 Å². The Hall–Kier alpha value is -1.82. The van der Waals surface area contributed by atoms with Crippen molar-refractivity contribution in [2.45, 2.75) is 89.6 Å². The first-order chi connectivity index (χ1) is 13.3. The average molecular weight is 386 g/mol. The molecule has 3 unspecified atom stereocenters. The normalized spacial score (nSPS) is 41.2. The minimum absolute atomic E-state index is 0.0836. The molecule has 28 heavy (non-hydrogen) atoms. The zero-order valence-electron chi connectivity index (χ0n) is 17.0. The minimum atomic E-state index is -1.01. The number of furan rings is 1. The number of fused-ring (bicyclic) bond motifs is 4. The van der Waals surface area contributed by atoms with Crippen molar-refractivity contribution in [3.63, 3.8) is 0 Å². The van der Waals surface area contributed by atoms with Crippen molar-refractivity contribution in [3.8, 4) is 0 Å². The molecule has 0 radical (unpaired) electrons. The molecule has 5 rings (SSSR count). The Morgan fingerprint density at radius 1 is 1.21 bits per heavy atom. The Kier molecular flexibility index (Phi) is 3.81. The van der Waals surface area contributed by atoms with Crippen molar-refractivity contribution in [1.82, 2.24) is 10.2 Å². The summed E-state index contributed by atoms with van der Waals surface area (Å²) in [5.41, 5.74) is -0.839. The molecule has 3 aliphatic heterocycles. The highest BCUT2D eigenvalue weighted by Gasteiger charge is 2.75. The first-order valence-corrected chi connectivity index (χ1v) is 10.6. The Morgan fingerprint density at radius 3 is 2.46 bits per heavy atom. The fourth-order valence-electron chi connectivity index (χ4n) is 6.29. The molecule has 4 fully saturated rings. The quantitative estimate of drug-likeness (QED) is 0.806. The van der Waals surface area contributed by atoms with Crippen LogP contribution in [0.2, 0.25) is 0 Å². The van der Waals surface area contributed by atoms with Gasteiger partial charge in [-0.15, -0.1) is 0 Å². The van der Waals surface area contributed by atoms with Gasteiger partial charge in [-0.1, -0.05) is 13.8 Å². The summed E-state index contributed by atoms with van der Waals surface area (Å²) < 4.78 is 11.0. The highest BCUT2D eigenvalue weighted by Crippen LogP contribution is 2.65. The van der Waals surface area contributed by atoms with Gasteiger partial charge in [-0.2, -0.15) is 0 Å². The maximum absolute atomic E-state index is 13.4. The highest BCUT2D eigenvalue weighted by molar-refractivity contribution is 5.96. The van der Waals surface area contributed by atoms with E-state index in [1.54, 1.807) is 6.26 Å². The highest BCUT2D eigenvalue weighted by atomic mass is 16.6. The zero-order valence-corrected chi connectivity index (χ0v) is 17.0. The fraction of sp³-hybridized carbons (Fsp3) is 0.727. The third-order valence-electron chi connectivity index (χ3n) is 8.62. The average Bonchev–Trinajstić information content (AvgIpc) is 3.32. The van der Waals surface area contributed by atoms with Crippen LogP contribution in [0.3, 0.4) is 0 Å². The van der Waals surface area contributed by atoms with E-state index in [-0.39, 0.29) is 17.9 Å². The maximum Gasteiger partial charge on any atom is 0.313 e. The molecular formula is C22H30N2O4. The van der Waals surface area contributed by atoms with Crippen LogP contribution in [0.25, 0.3) is 0 Å². The van der Waals surface area contributed by atoms with E-state index in [1.165, 1.54) is 18.4 Å². The smallest absolute Gasteiger partial charge is 0.313 e. The second kappa shape index (κ2) is 5.85. The lowest BCUT2D eigenvalue weighted by Gasteiger charge is -2.41. The summed E-state index contributed by atoms with van der Waals surface area (Å²) in [6.45, 7) is 6.90. The first-order valence-electron chi connectivity index (χ1n) is 10.6. The number of nitrogens with one attached hydrogen (secondary N) is 1. The molecule has 0 aromatic carbocycles. The standard InChI is InChI=1S/C22H30N2O4/c1-20(2)21(3)7-8-22(20,28-19(21)26)18(25)23-15-10-16-4-5-17(11-15)24(16)12-14-6-9-27-13-14/h6,9,13,15-17H,4-5,7-8,10-12H2,1-3H3,(H,23,25)/t15?,16?,17?,21-,22?/m0/s1. The molecule has 1 aliphatic carbocycles. The van der Waals surface area contributed by atoms with Gasteiger partial charge in [-0.25, -0.2) is 0 Å². The van der Waals surface area contributed by atoms with Crippen LogP contribution in [0.15, 0.2) is 23.0 Å². The van der Waals surface area contributed by atoms with Crippen LogP contribution in [0.5, 0.6) is 0 Å². The van der Waals surface area contributed by atoms with Gasteiger partial charge in [0.05, 0.1) is 17.9 Å². The number of carbonyl (C=O) groups excluding carboxylic acids is 2. The predicted octanol–water partition coefficient (Wildman–Crippen LogP) is 3.01. The summed E-state index contributed by atoms with van der Waals surface area (Å²) >= 11 is 0. The molecular weight excluding hydrogens is 356 g/mol. The van der Waals surface area contributed by atoms with Crippen molar-refractivity contribution < 1.29 is 18.7 Å². The maximum atomic E-state index is 13.4. The van der Waals surface area contributed by atoms with Crippen LogP contribution < -0.4 is 5.32 Å². The van der Waals surface area contributed by atoms with E-state index in [1.807, 2.05) is 33.1 Å². The monoisotopic (exact) mass is 386 g/mol. The molecule has 4 atom stereocenters. The van der Waals surface area contributed by atoms with Crippen LogP contribution in [0.1, 0.15) is 64.9 Å². The molecule has 3 saturated heterocycles. The lowest BCUT2D eigenvalue weighted by molar-refractivity contribution is -0.168. The van der Waals surface area contributed by atoms with Crippen molar-refractivity contribution in [2.24, 2.45) is 10.8 Å². The Bertz CT molecular complexity index is 789. The number of hydrogen-bond donors (Lipinski definition) is 1. The second-order valence-corrected chi connectivity index (χ2v) is 10.0. The molecule has 152 valence electrons. The topological polar surface area (TPSA) is 71.8 Å². The Labute approximate surface area is 166 Å². The van der Waals surface area contributed by atoms with Gasteiger partial charge in [0.1, 0.15) is 0 Å². The molecule has 4 heterocycles. The van der Waals surface area contributed by atoms with E-state index in [0.29, 0.717) is 18.5 Å². The molecule has 1 saturated carbocycles. The minimum Gasteiger partial charge on any atom is -0.472 e. The lowest BCUT2D eigenvalue weighted by Crippen LogP contribution is -2.58. The van der Waals surface area contributed by atoms with Gasteiger partial charge in [0.25, 0.3) is 5.91 Å². The van der Waals surface area contributed by atoms with Crippen LogP contribution >= 0.6 is 0 Å². The van der Waals surface area contributed by atoms with Crippen LogP contribution in [-0.2, 0) is 20.9 Å². The van der Waals surface area contributed by atoms with Crippen LogP contribution in [-0.4, -0.2) is 40.5 Å².